The molecule has 2 nitrogen and oxygen atoms in total. The Morgan fingerprint density at radius 3 is 2.75 bits per heavy atom. The van der Waals surface area contributed by atoms with Gasteiger partial charge in [0.1, 0.15) is 5.82 Å². The lowest BCUT2D eigenvalue weighted by molar-refractivity contribution is 0.441. The van der Waals surface area contributed by atoms with Gasteiger partial charge in [-0.3, -0.25) is 4.98 Å². The van der Waals surface area contributed by atoms with Gasteiger partial charge >= 0.3 is 0 Å². The first-order chi connectivity index (χ1) is 7.81. The molecule has 2 aliphatic rings. The van der Waals surface area contributed by atoms with Gasteiger partial charge in [0.15, 0.2) is 0 Å². The van der Waals surface area contributed by atoms with Crippen molar-refractivity contribution in [2.75, 3.05) is 7.05 Å². The monoisotopic (exact) mass is 220 g/mol. The van der Waals surface area contributed by atoms with Crippen molar-refractivity contribution in [2.45, 2.75) is 25.3 Å². The predicted molar refractivity (Wildman–Crippen MR) is 60.3 cm³/mol. The van der Waals surface area contributed by atoms with Gasteiger partial charge in [0, 0.05) is 12.2 Å². The summed E-state index contributed by atoms with van der Waals surface area (Å²) in [5.74, 6) is 2.23. The van der Waals surface area contributed by atoms with E-state index >= 15 is 0 Å². The zero-order valence-corrected chi connectivity index (χ0v) is 9.49. The van der Waals surface area contributed by atoms with E-state index in [2.05, 4.69) is 10.3 Å². The second-order valence-electron chi connectivity index (χ2n) is 5.04. The van der Waals surface area contributed by atoms with Crippen LogP contribution in [0.3, 0.4) is 0 Å². The van der Waals surface area contributed by atoms with E-state index in [1.807, 2.05) is 7.05 Å². The molecule has 0 bridgehead atoms. The molecule has 1 aromatic heterocycles. The highest BCUT2D eigenvalue weighted by Gasteiger charge is 2.55. The maximum Gasteiger partial charge on any atom is 0.141 e. The van der Waals surface area contributed by atoms with Crippen molar-refractivity contribution in [1.82, 2.24) is 10.3 Å². The summed E-state index contributed by atoms with van der Waals surface area (Å²) in [4.78, 5) is 3.94. The minimum Gasteiger partial charge on any atom is -0.313 e. The van der Waals surface area contributed by atoms with Crippen LogP contribution in [-0.2, 0) is 0 Å². The number of nitrogens with one attached hydrogen (secondary N) is 1. The topological polar surface area (TPSA) is 24.9 Å². The number of aromatic nitrogens is 1. The molecule has 2 aliphatic carbocycles. The normalized spacial score (nSPS) is 33.5. The quantitative estimate of drug-likeness (QED) is 0.846. The van der Waals surface area contributed by atoms with E-state index < -0.39 is 0 Å². The van der Waals surface area contributed by atoms with Crippen LogP contribution in [0.25, 0.3) is 0 Å². The highest BCUT2D eigenvalue weighted by atomic mass is 19.1. The SMILES string of the molecule is CNC(c1cncc(F)c1)C1C2CCCC21. The third kappa shape index (κ3) is 1.54. The predicted octanol–water partition coefficient (Wildman–Crippen LogP) is 2.53. The van der Waals surface area contributed by atoms with Crippen LogP contribution in [0, 0.1) is 23.6 Å². The van der Waals surface area contributed by atoms with Gasteiger partial charge in [0.05, 0.1) is 6.20 Å². The average Bonchev–Trinajstić information content (AvgIpc) is 2.74. The molecule has 0 saturated heterocycles. The molecule has 0 aliphatic heterocycles. The summed E-state index contributed by atoms with van der Waals surface area (Å²) in [7, 11) is 1.96. The lowest BCUT2D eigenvalue weighted by Crippen LogP contribution is -2.20. The third-order valence-corrected chi connectivity index (χ3v) is 4.25. The van der Waals surface area contributed by atoms with E-state index in [4.69, 9.17) is 0 Å². The first-order valence-corrected chi connectivity index (χ1v) is 6.09. The second kappa shape index (κ2) is 3.81. The molecule has 3 heteroatoms. The van der Waals surface area contributed by atoms with Crippen LogP contribution >= 0.6 is 0 Å². The molecular weight excluding hydrogens is 203 g/mol. The van der Waals surface area contributed by atoms with E-state index in [0.29, 0.717) is 12.0 Å². The summed E-state index contributed by atoms with van der Waals surface area (Å²) in [5, 5.41) is 3.33. The Morgan fingerprint density at radius 1 is 1.38 bits per heavy atom. The van der Waals surface area contributed by atoms with E-state index in [1.165, 1.54) is 25.5 Å². The highest BCUT2D eigenvalue weighted by molar-refractivity contribution is 5.21. The Labute approximate surface area is 95.3 Å². The molecule has 1 heterocycles. The number of nitrogens with zero attached hydrogens (tertiary/aromatic N) is 1. The fraction of sp³-hybridized carbons (Fsp3) is 0.615. The van der Waals surface area contributed by atoms with Crippen LogP contribution in [0.5, 0.6) is 0 Å². The van der Waals surface area contributed by atoms with Gasteiger partial charge in [-0.05, 0) is 49.3 Å². The maximum absolute atomic E-state index is 13.1. The molecule has 0 spiro atoms. The van der Waals surface area contributed by atoms with Crippen LogP contribution in [0.2, 0.25) is 0 Å². The first-order valence-electron chi connectivity index (χ1n) is 6.09. The molecule has 2 fully saturated rings. The number of pyridine rings is 1. The Morgan fingerprint density at radius 2 is 2.12 bits per heavy atom. The molecule has 0 aromatic carbocycles. The molecule has 3 rings (SSSR count). The first kappa shape index (κ1) is 10.2. The summed E-state index contributed by atoms with van der Waals surface area (Å²) in [6, 6.07) is 1.90. The molecule has 86 valence electrons. The van der Waals surface area contributed by atoms with Gasteiger partial charge in [-0.1, -0.05) is 6.42 Å². The lowest BCUT2D eigenvalue weighted by Gasteiger charge is -2.18. The summed E-state index contributed by atoms with van der Waals surface area (Å²) in [6.07, 6.45) is 7.15. The van der Waals surface area contributed by atoms with Crippen molar-refractivity contribution in [3.63, 3.8) is 0 Å². The van der Waals surface area contributed by atoms with E-state index in [1.54, 1.807) is 12.3 Å². The Kier molecular flexibility index (Phi) is 2.43. The molecule has 0 radical (unpaired) electrons. The maximum atomic E-state index is 13.1. The van der Waals surface area contributed by atoms with E-state index in [9.17, 15) is 4.39 Å². The van der Waals surface area contributed by atoms with Crippen molar-refractivity contribution in [2.24, 2.45) is 17.8 Å². The van der Waals surface area contributed by atoms with Gasteiger partial charge in [0.25, 0.3) is 0 Å². The van der Waals surface area contributed by atoms with Crippen LogP contribution in [0.15, 0.2) is 18.5 Å². The minimum atomic E-state index is -0.233. The number of hydrogen-bond donors (Lipinski definition) is 1. The van der Waals surface area contributed by atoms with E-state index in [0.717, 1.165) is 17.4 Å². The molecule has 1 N–H and O–H groups in total. The van der Waals surface area contributed by atoms with E-state index in [-0.39, 0.29) is 5.82 Å². The van der Waals surface area contributed by atoms with Crippen molar-refractivity contribution in [3.8, 4) is 0 Å². The number of rotatable bonds is 3. The van der Waals surface area contributed by atoms with Crippen LogP contribution in [-0.4, -0.2) is 12.0 Å². The van der Waals surface area contributed by atoms with Gasteiger partial charge in [-0.25, -0.2) is 4.39 Å². The molecule has 0 amide bonds. The Balaban J connectivity index is 1.81. The number of halogens is 1. The Bertz CT molecular complexity index is 383. The van der Waals surface area contributed by atoms with Crippen molar-refractivity contribution in [3.05, 3.63) is 29.8 Å². The van der Waals surface area contributed by atoms with Crippen LogP contribution < -0.4 is 5.32 Å². The Hall–Kier alpha value is -0.960. The van der Waals surface area contributed by atoms with Gasteiger partial charge in [-0.2, -0.15) is 0 Å². The summed E-state index contributed by atoms with van der Waals surface area (Å²) in [5.41, 5.74) is 1.00. The molecule has 3 atom stereocenters. The van der Waals surface area contributed by atoms with Crippen molar-refractivity contribution in [1.29, 1.82) is 0 Å². The molecular formula is C13H17FN2. The minimum absolute atomic E-state index is 0.233. The van der Waals surface area contributed by atoms with Crippen molar-refractivity contribution >= 4 is 0 Å². The highest BCUT2D eigenvalue weighted by Crippen LogP contribution is 2.62. The fourth-order valence-corrected chi connectivity index (χ4v) is 3.55. The number of hydrogen-bond acceptors (Lipinski definition) is 2. The average molecular weight is 220 g/mol. The molecule has 3 unspecified atom stereocenters. The summed E-state index contributed by atoms with van der Waals surface area (Å²) >= 11 is 0. The van der Waals surface area contributed by atoms with Gasteiger partial charge < -0.3 is 5.32 Å². The standard InChI is InChI=1S/C13H17FN2/c1-15-13(8-5-9(14)7-16-6-8)12-10-3-2-4-11(10)12/h5-7,10-13,15H,2-4H2,1H3. The smallest absolute Gasteiger partial charge is 0.141 e. The fourth-order valence-electron chi connectivity index (χ4n) is 3.55. The lowest BCUT2D eigenvalue weighted by atomic mass is 9.98. The van der Waals surface area contributed by atoms with Gasteiger partial charge in [0.2, 0.25) is 0 Å². The molecule has 1 aromatic rings. The van der Waals surface area contributed by atoms with Crippen LogP contribution in [0.4, 0.5) is 4.39 Å². The molecule has 16 heavy (non-hydrogen) atoms. The zero-order chi connectivity index (χ0) is 11.1. The zero-order valence-electron chi connectivity index (χ0n) is 9.49. The summed E-state index contributed by atoms with van der Waals surface area (Å²) < 4.78 is 13.1. The third-order valence-electron chi connectivity index (χ3n) is 4.25. The largest absolute Gasteiger partial charge is 0.313 e. The number of fused-ring (bicyclic) bond motifs is 1. The molecule has 2 saturated carbocycles. The van der Waals surface area contributed by atoms with Gasteiger partial charge in [-0.15, -0.1) is 0 Å². The van der Waals surface area contributed by atoms with Crippen molar-refractivity contribution < 1.29 is 4.39 Å². The van der Waals surface area contributed by atoms with Crippen LogP contribution in [0.1, 0.15) is 30.9 Å². The summed E-state index contributed by atoms with van der Waals surface area (Å²) in [6.45, 7) is 0. The second-order valence-corrected chi connectivity index (χ2v) is 5.04.